The minimum atomic E-state index is -0.319. The lowest BCUT2D eigenvalue weighted by atomic mass is 10.1. The minimum absolute atomic E-state index is 0.157. The number of rotatable bonds is 5. The molecule has 0 aliphatic heterocycles. The second-order valence-corrected chi connectivity index (χ2v) is 3.89. The molecule has 2 N–H and O–H groups in total. The molecule has 0 radical (unpaired) electrons. The average molecular weight is 211 g/mol. The summed E-state index contributed by atoms with van der Waals surface area (Å²) in [5.41, 5.74) is 1.80. The Labute approximate surface area is 90.1 Å². The quantitative estimate of drug-likeness (QED) is 0.726. The first kappa shape index (κ1) is 12.1. The van der Waals surface area contributed by atoms with Crippen LogP contribution in [-0.4, -0.2) is 24.3 Å². The van der Waals surface area contributed by atoms with E-state index in [0.29, 0.717) is 12.1 Å². The zero-order valence-electron chi connectivity index (χ0n) is 9.26. The maximum Gasteiger partial charge on any atom is 0.126 e. The van der Waals surface area contributed by atoms with Crippen molar-refractivity contribution in [3.05, 3.63) is 35.1 Å². The van der Waals surface area contributed by atoms with E-state index in [1.54, 1.807) is 19.9 Å². The summed E-state index contributed by atoms with van der Waals surface area (Å²) in [5.74, 6) is -0.157. The van der Waals surface area contributed by atoms with Crippen molar-refractivity contribution in [3.63, 3.8) is 0 Å². The minimum Gasteiger partial charge on any atom is -0.392 e. The van der Waals surface area contributed by atoms with Crippen LogP contribution in [-0.2, 0) is 6.42 Å². The van der Waals surface area contributed by atoms with E-state index in [1.807, 2.05) is 6.07 Å². The Kier molecular flexibility index (Phi) is 4.72. The van der Waals surface area contributed by atoms with E-state index in [1.165, 1.54) is 6.07 Å². The summed E-state index contributed by atoms with van der Waals surface area (Å²) in [5, 5.41) is 12.1. The van der Waals surface area contributed by atoms with Crippen molar-refractivity contribution in [2.45, 2.75) is 26.4 Å². The van der Waals surface area contributed by atoms with Crippen LogP contribution in [0.15, 0.2) is 18.2 Å². The third-order valence-corrected chi connectivity index (χ3v) is 2.25. The molecule has 0 saturated heterocycles. The van der Waals surface area contributed by atoms with Crippen molar-refractivity contribution in [1.29, 1.82) is 0 Å². The first-order valence-corrected chi connectivity index (χ1v) is 5.23. The van der Waals surface area contributed by atoms with Gasteiger partial charge in [-0.25, -0.2) is 4.39 Å². The molecule has 1 rings (SSSR count). The molecule has 0 aliphatic carbocycles. The number of halogens is 1. The van der Waals surface area contributed by atoms with E-state index in [9.17, 15) is 4.39 Å². The zero-order valence-corrected chi connectivity index (χ0v) is 9.26. The summed E-state index contributed by atoms with van der Waals surface area (Å²) in [6, 6.07) is 5.16. The van der Waals surface area contributed by atoms with Gasteiger partial charge in [-0.05, 0) is 44.0 Å². The fraction of sp³-hybridized carbons (Fsp3) is 0.500. The zero-order chi connectivity index (χ0) is 11.3. The Hall–Kier alpha value is -0.930. The maximum absolute atomic E-state index is 12.9. The molecule has 1 unspecified atom stereocenters. The Balaban J connectivity index is 2.35. The van der Waals surface area contributed by atoms with Gasteiger partial charge in [0, 0.05) is 6.54 Å². The molecule has 1 aromatic carbocycles. The van der Waals surface area contributed by atoms with Gasteiger partial charge in [-0.15, -0.1) is 0 Å². The molecule has 0 spiro atoms. The van der Waals surface area contributed by atoms with Crippen molar-refractivity contribution < 1.29 is 9.50 Å². The van der Waals surface area contributed by atoms with Gasteiger partial charge in [-0.2, -0.15) is 0 Å². The Morgan fingerprint density at radius 3 is 2.80 bits per heavy atom. The number of aliphatic hydroxyl groups is 1. The van der Waals surface area contributed by atoms with Crippen LogP contribution in [0, 0.1) is 12.7 Å². The monoisotopic (exact) mass is 211 g/mol. The average Bonchev–Trinajstić information content (AvgIpc) is 2.18. The van der Waals surface area contributed by atoms with E-state index in [2.05, 4.69) is 5.32 Å². The lowest BCUT2D eigenvalue weighted by Crippen LogP contribution is -2.26. The molecule has 0 aromatic heterocycles. The summed E-state index contributed by atoms with van der Waals surface area (Å²) in [7, 11) is 0. The first-order chi connectivity index (χ1) is 7.09. The highest BCUT2D eigenvalue weighted by atomic mass is 19.1. The molecular formula is C12H18FNO. The third-order valence-electron chi connectivity index (χ3n) is 2.25. The van der Waals surface area contributed by atoms with E-state index < -0.39 is 0 Å². The van der Waals surface area contributed by atoms with E-state index >= 15 is 0 Å². The molecule has 0 heterocycles. The molecule has 0 amide bonds. The van der Waals surface area contributed by atoms with Crippen LogP contribution in [0.1, 0.15) is 18.1 Å². The van der Waals surface area contributed by atoms with Crippen LogP contribution >= 0.6 is 0 Å². The molecule has 0 saturated carbocycles. The molecule has 1 atom stereocenters. The van der Waals surface area contributed by atoms with Crippen molar-refractivity contribution in [3.8, 4) is 0 Å². The van der Waals surface area contributed by atoms with Crippen molar-refractivity contribution in [2.75, 3.05) is 13.1 Å². The molecule has 3 heteroatoms. The SMILES string of the molecule is Cc1cc(CCNCC(C)O)ccc1F. The largest absolute Gasteiger partial charge is 0.392 e. The van der Waals surface area contributed by atoms with Crippen LogP contribution in [0.2, 0.25) is 0 Å². The van der Waals surface area contributed by atoms with Gasteiger partial charge in [0.25, 0.3) is 0 Å². The highest BCUT2D eigenvalue weighted by Gasteiger charge is 1.99. The lowest BCUT2D eigenvalue weighted by Gasteiger charge is -2.07. The van der Waals surface area contributed by atoms with Gasteiger partial charge in [-0.3, -0.25) is 0 Å². The highest BCUT2D eigenvalue weighted by molar-refractivity contribution is 5.24. The third kappa shape index (κ3) is 4.40. The number of aryl methyl sites for hydroxylation is 1. The molecule has 15 heavy (non-hydrogen) atoms. The van der Waals surface area contributed by atoms with Gasteiger partial charge in [0.15, 0.2) is 0 Å². The smallest absolute Gasteiger partial charge is 0.126 e. The van der Waals surface area contributed by atoms with E-state index in [-0.39, 0.29) is 11.9 Å². The molecule has 2 nitrogen and oxygen atoms in total. The summed E-state index contributed by atoms with van der Waals surface area (Å²) in [6.07, 6.45) is 0.536. The molecule has 84 valence electrons. The van der Waals surface area contributed by atoms with Crippen LogP contribution in [0.3, 0.4) is 0 Å². The van der Waals surface area contributed by atoms with Gasteiger partial charge in [0.05, 0.1) is 6.10 Å². The molecule has 0 fully saturated rings. The number of hydrogen-bond acceptors (Lipinski definition) is 2. The predicted molar refractivity (Wildman–Crippen MR) is 59.4 cm³/mol. The molecule has 0 bridgehead atoms. The highest BCUT2D eigenvalue weighted by Crippen LogP contribution is 2.09. The standard InChI is InChI=1S/C12H18FNO/c1-9-7-11(3-4-12(9)13)5-6-14-8-10(2)15/h3-4,7,10,14-15H,5-6,8H2,1-2H3. The number of nitrogens with one attached hydrogen (secondary N) is 1. The summed E-state index contributed by atoms with van der Waals surface area (Å²) in [4.78, 5) is 0. The van der Waals surface area contributed by atoms with Crippen LogP contribution < -0.4 is 5.32 Å². The predicted octanol–water partition coefficient (Wildman–Crippen LogP) is 1.65. The number of benzene rings is 1. The van der Waals surface area contributed by atoms with Crippen molar-refractivity contribution >= 4 is 0 Å². The summed E-state index contributed by atoms with van der Waals surface area (Å²) < 4.78 is 12.9. The lowest BCUT2D eigenvalue weighted by molar-refractivity contribution is 0.191. The first-order valence-electron chi connectivity index (χ1n) is 5.23. The fourth-order valence-corrected chi connectivity index (χ4v) is 1.41. The van der Waals surface area contributed by atoms with Crippen LogP contribution in [0.5, 0.6) is 0 Å². The van der Waals surface area contributed by atoms with Crippen LogP contribution in [0.4, 0.5) is 4.39 Å². The maximum atomic E-state index is 12.9. The van der Waals surface area contributed by atoms with Gasteiger partial charge in [0.2, 0.25) is 0 Å². The van der Waals surface area contributed by atoms with Crippen molar-refractivity contribution in [1.82, 2.24) is 5.32 Å². The van der Waals surface area contributed by atoms with Gasteiger partial charge >= 0.3 is 0 Å². The van der Waals surface area contributed by atoms with Gasteiger partial charge < -0.3 is 10.4 Å². The second kappa shape index (κ2) is 5.83. The second-order valence-electron chi connectivity index (χ2n) is 3.89. The van der Waals surface area contributed by atoms with Crippen molar-refractivity contribution in [2.24, 2.45) is 0 Å². The Bertz CT molecular complexity index is 312. The molecule has 1 aromatic rings. The summed E-state index contributed by atoms with van der Waals surface area (Å²) in [6.45, 7) is 4.91. The van der Waals surface area contributed by atoms with E-state index in [4.69, 9.17) is 5.11 Å². The molecule has 0 aliphatic rings. The Morgan fingerprint density at radius 2 is 2.20 bits per heavy atom. The molecular weight excluding hydrogens is 193 g/mol. The number of hydrogen-bond donors (Lipinski definition) is 2. The Morgan fingerprint density at radius 1 is 1.47 bits per heavy atom. The number of aliphatic hydroxyl groups excluding tert-OH is 1. The summed E-state index contributed by atoms with van der Waals surface area (Å²) >= 11 is 0. The van der Waals surface area contributed by atoms with E-state index in [0.717, 1.165) is 18.5 Å². The fourth-order valence-electron chi connectivity index (χ4n) is 1.41. The van der Waals surface area contributed by atoms with Gasteiger partial charge in [-0.1, -0.05) is 12.1 Å². The normalized spacial score (nSPS) is 12.8. The van der Waals surface area contributed by atoms with Crippen LogP contribution in [0.25, 0.3) is 0 Å². The topological polar surface area (TPSA) is 32.3 Å². The van der Waals surface area contributed by atoms with Gasteiger partial charge in [0.1, 0.15) is 5.82 Å².